The Morgan fingerprint density at radius 3 is 2.36 bits per heavy atom. The van der Waals surface area contributed by atoms with Crippen molar-refractivity contribution >= 4 is 22.6 Å². The minimum atomic E-state index is -0.492. The summed E-state index contributed by atoms with van der Waals surface area (Å²) in [4.78, 5) is 23.6. The maximum atomic E-state index is 12.4. The second-order valence-corrected chi connectivity index (χ2v) is 4.60. The number of carbonyl (C=O) groups is 2. The second kappa shape index (κ2) is 5.65. The van der Waals surface area contributed by atoms with Crippen LogP contribution in [0.15, 0.2) is 49.1 Å². The average Bonchev–Trinajstić information content (AvgIpc) is 2.98. The maximum Gasteiger partial charge on any atom is 0.308 e. The molecule has 0 aliphatic heterocycles. The first-order valence-corrected chi connectivity index (χ1v) is 6.50. The SMILES string of the molecule is CC(=O)Oc1cc2ccccc2cc1C(=O)Nn1cnnc1. The van der Waals surface area contributed by atoms with Crippen molar-refractivity contribution in [3.05, 3.63) is 54.6 Å². The first-order chi connectivity index (χ1) is 10.6. The molecular formula is C15H12N4O3. The van der Waals surface area contributed by atoms with Crippen LogP contribution >= 0.6 is 0 Å². The standard InChI is InChI=1S/C15H12N4O3/c1-10(20)22-14-7-12-5-3-2-4-11(12)6-13(14)15(21)18-19-8-16-17-9-19/h2-9H,1H3,(H,18,21). The molecule has 0 saturated carbocycles. The molecule has 3 rings (SSSR count). The summed E-state index contributed by atoms with van der Waals surface area (Å²) in [5.41, 5.74) is 2.83. The number of ether oxygens (including phenoxy) is 1. The first kappa shape index (κ1) is 13.7. The van der Waals surface area contributed by atoms with E-state index in [0.717, 1.165) is 10.8 Å². The molecule has 1 N–H and O–H groups in total. The van der Waals surface area contributed by atoms with Gasteiger partial charge in [0.15, 0.2) is 0 Å². The zero-order valence-electron chi connectivity index (χ0n) is 11.7. The number of rotatable bonds is 3. The highest BCUT2D eigenvalue weighted by atomic mass is 16.5. The molecule has 0 bridgehead atoms. The summed E-state index contributed by atoms with van der Waals surface area (Å²) in [6.45, 7) is 1.29. The lowest BCUT2D eigenvalue weighted by Gasteiger charge is -2.11. The van der Waals surface area contributed by atoms with Gasteiger partial charge >= 0.3 is 5.97 Å². The van der Waals surface area contributed by atoms with Crippen LogP contribution in [0.1, 0.15) is 17.3 Å². The number of fused-ring (bicyclic) bond motifs is 1. The minimum absolute atomic E-state index is 0.205. The Kier molecular flexibility index (Phi) is 3.53. The molecule has 0 fully saturated rings. The number of benzene rings is 2. The van der Waals surface area contributed by atoms with Gasteiger partial charge in [-0.3, -0.25) is 15.0 Å². The highest BCUT2D eigenvalue weighted by Gasteiger charge is 2.16. The van der Waals surface area contributed by atoms with Crippen LogP contribution in [0.2, 0.25) is 0 Å². The van der Waals surface area contributed by atoms with E-state index < -0.39 is 11.9 Å². The fourth-order valence-corrected chi connectivity index (χ4v) is 2.07. The predicted octanol–water partition coefficient (Wildman–Crippen LogP) is 1.74. The zero-order chi connectivity index (χ0) is 15.5. The van der Waals surface area contributed by atoms with E-state index in [-0.39, 0.29) is 11.3 Å². The molecule has 1 aromatic heterocycles. The topological polar surface area (TPSA) is 86.1 Å². The Morgan fingerprint density at radius 2 is 1.73 bits per heavy atom. The van der Waals surface area contributed by atoms with E-state index in [4.69, 9.17) is 4.74 Å². The van der Waals surface area contributed by atoms with Gasteiger partial charge in [0.25, 0.3) is 5.91 Å². The zero-order valence-corrected chi connectivity index (χ0v) is 11.7. The van der Waals surface area contributed by atoms with E-state index in [9.17, 15) is 9.59 Å². The normalized spacial score (nSPS) is 10.4. The van der Waals surface area contributed by atoms with Crippen molar-refractivity contribution in [2.45, 2.75) is 6.92 Å². The Balaban J connectivity index is 2.04. The quantitative estimate of drug-likeness (QED) is 0.587. The number of carbonyl (C=O) groups excluding carboxylic acids is 2. The summed E-state index contributed by atoms with van der Waals surface area (Å²) < 4.78 is 6.47. The monoisotopic (exact) mass is 296 g/mol. The summed E-state index contributed by atoms with van der Waals surface area (Å²) >= 11 is 0. The van der Waals surface area contributed by atoms with Crippen molar-refractivity contribution < 1.29 is 14.3 Å². The number of hydrogen-bond donors (Lipinski definition) is 1. The van der Waals surface area contributed by atoms with E-state index in [1.807, 2.05) is 24.3 Å². The van der Waals surface area contributed by atoms with Gasteiger partial charge in [0.2, 0.25) is 0 Å². The van der Waals surface area contributed by atoms with Crippen LogP contribution in [0.5, 0.6) is 5.75 Å². The van der Waals surface area contributed by atoms with Gasteiger partial charge in [-0.25, -0.2) is 4.68 Å². The van der Waals surface area contributed by atoms with Crippen LogP contribution < -0.4 is 10.2 Å². The molecule has 2 aromatic carbocycles. The third-order valence-corrected chi connectivity index (χ3v) is 3.00. The number of amides is 1. The smallest absolute Gasteiger partial charge is 0.308 e. The largest absolute Gasteiger partial charge is 0.426 e. The third kappa shape index (κ3) is 2.78. The molecule has 7 heteroatoms. The Morgan fingerprint density at radius 1 is 1.09 bits per heavy atom. The summed E-state index contributed by atoms with van der Waals surface area (Å²) in [6, 6.07) is 10.8. The molecule has 1 amide bonds. The fourth-order valence-electron chi connectivity index (χ4n) is 2.07. The van der Waals surface area contributed by atoms with E-state index in [2.05, 4.69) is 15.6 Å². The third-order valence-electron chi connectivity index (χ3n) is 3.00. The van der Waals surface area contributed by atoms with E-state index in [1.54, 1.807) is 12.1 Å². The maximum absolute atomic E-state index is 12.4. The van der Waals surface area contributed by atoms with Crippen LogP contribution in [0.25, 0.3) is 10.8 Å². The summed E-state index contributed by atoms with van der Waals surface area (Å²) in [5.74, 6) is -0.716. The van der Waals surface area contributed by atoms with E-state index >= 15 is 0 Å². The van der Waals surface area contributed by atoms with Gasteiger partial charge in [0.05, 0.1) is 5.56 Å². The van der Waals surface area contributed by atoms with Crippen LogP contribution in [-0.4, -0.2) is 26.7 Å². The molecule has 7 nitrogen and oxygen atoms in total. The van der Waals surface area contributed by atoms with Crippen LogP contribution in [0.3, 0.4) is 0 Å². The second-order valence-electron chi connectivity index (χ2n) is 4.60. The van der Waals surface area contributed by atoms with Crippen LogP contribution in [0.4, 0.5) is 0 Å². The molecule has 0 aliphatic rings. The molecule has 0 unspecified atom stereocenters. The Hall–Kier alpha value is -3.22. The first-order valence-electron chi connectivity index (χ1n) is 6.50. The van der Waals surface area contributed by atoms with Gasteiger partial charge in [0, 0.05) is 6.92 Å². The Bertz CT molecular complexity index is 843. The van der Waals surface area contributed by atoms with Crippen LogP contribution in [-0.2, 0) is 4.79 Å². The summed E-state index contributed by atoms with van der Waals surface area (Å²) in [5, 5.41) is 8.95. The fraction of sp³-hybridized carbons (Fsp3) is 0.0667. The highest BCUT2D eigenvalue weighted by Crippen LogP contribution is 2.26. The molecule has 110 valence electrons. The van der Waals surface area contributed by atoms with Gasteiger partial charge in [0.1, 0.15) is 18.4 Å². The minimum Gasteiger partial charge on any atom is -0.426 e. The molecule has 0 atom stereocenters. The lowest BCUT2D eigenvalue weighted by Crippen LogP contribution is -2.22. The highest BCUT2D eigenvalue weighted by molar-refractivity contribution is 6.06. The number of nitrogens with one attached hydrogen (secondary N) is 1. The van der Waals surface area contributed by atoms with Crippen LogP contribution in [0, 0.1) is 0 Å². The van der Waals surface area contributed by atoms with Gasteiger partial charge in [-0.2, -0.15) is 0 Å². The van der Waals surface area contributed by atoms with Crippen molar-refractivity contribution in [2.75, 3.05) is 5.43 Å². The Labute approximate surface area is 125 Å². The van der Waals surface area contributed by atoms with Crippen molar-refractivity contribution in [3.63, 3.8) is 0 Å². The van der Waals surface area contributed by atoms with Crippen molar-refractivity contribution in [2.24, 2.45) is 0 Å². The molecule has 0 saturated heterocycles. The number of nitrogens with zero attached hydrogens (tertiary/aromatic N) is 3. The molecule has 0 spiro atoms. The van der Waals surface area contributed by atoms with Crippen molar-refractivity contribution in [1.29, 1.82) is 0 Å². The lowest BCUT2D eigenvalue weighted by molar-refractivity contribution is -0.131. The summed E-state index contributed by atoms with van der Waals surface area (Å²) in [7, 11) is 0. The number of aromatic nitrogens is 3. The van der Waals surface area contributed by atoms with Crippen molar-refractivity contribution in [3.8, 4) is 5.75 Å². The summed E-state index contributed by atoms with van der Waals surface area (Å²) in [6.07, 6.45) is 2.70. The van der Waals surface area contributed by atoms with E-state index in [1.165, 1.54) is 24.3 Å². The van der Waals surface area contributed by atoms with Crippen molar-refractivity contribution in [1.82, 2.24) is 14.9 Å². The number of hydrogen-bond acceptors (Lipinski definition) is 5. The average molecular weight is 296 g/mol. The molecular weight excluding hydrogens is 284 g/mol. The molecule has 22 heavy (non-hydrogen) atoms. The molecule has 0 aliphatic carbocycles. The molecule has 3 aromatic rings. The number of esters is 1. The van der Waals surface area contributed by atoms with Gasteiger partial charge in [-0.1, -0.05) is 24.3 Å². The molecule has 1 heterocycles. The van der Waals surface area contributed by atoms with Gasteiger partial charge in [-0.05, 0) is 22.9 Å². The van der Waals surface area contributed by atoms with Gasteiger partial charge in [-0.15, -0.1) is 10.2 Å². The van der Waals surface area contributed by atoms with E-state index in [0.29, 0.717) is 0 Å². The lowest BCUT2D eigenvalue weighted by atomic mass is 10.1. The predicted molar refractivity (Wildman–Crippen MR) is 79.0 cm³/mol. The van der Waals surface area contributed by atoms with Gasteiger partial charge < -0.3 is 4.74 Å². The molecule has 0 radical (unpaired) electrons.